The smallest absolute Gasteiger partial charge is 0.123 e. The molecule has 0 spiro atoms. The van der Waals surface area contributed by atoms with Crippen molar-refractivity contribution in [3.63, 3.8) is 0 Å². The molecular weight excluding hydrogens is 215 g/mol. The zero-order valence-electron chi connectivity index (χ0n) is 9.88. The minimum Gasteiger partial charge on any atom is -0.369 e. The van der Waals surface area contributed by atoms with Gasteiger partial charge in [0.1, 0.15) is 5.82 Å². The molecule has 1 aliphatic carbocycles. The van der Waals surface area contributed by atoms with Gasteiger partial charge in [0, 0.05) is 24.3 Å². The second kappa shape index (κ2) is 3.22. The molecule has 17 heavy (non-hydrogen) atoms. The minimum atomic E-state index is -0.105. The lowest BCUT2D eigenvalue weighted by molar-refractivity contribution is 0.231. The van der Waals surface area contributed by atoms with Crippen LogP contribution in [0.3, 0.4) is 0 Å². The predicted molar refractivity (Wildman–Crippen MR) is 65.8 cm³/mol. The summed E-state index contributed by atoms with van der Waals surface area (Å²) in [6.07, 6.45) is 3.66. The van der Waals surface area contributed by atoms with Gasteiger partial charge < -0.3 is 10.2 Å². The molecule has 3 heterocycles. The van der Waals surface area contributed by atoms with Crippen LogP contribution in [0.1, 0.15) is 18.4 Å². The van der Waals surface area contributed by atoms with Crippen LogP contribution in [0.25, 0.3) is 0 Å². The highest BCUT2D eigenvalue weighted by Gasteiger charge is 2.51. The summed E-state index contributed by atoms with van der Waals surface area (Å²) in [4.78, 5) is 2.43. The van der Waals surface area contributed by atoms with Crippen molar-refractivity contribution >= 4 is 5.69 Å². The number of halogens is 1. The van der Waals surface area contributed by atoms with Gasteiger partial charge in [0.25, 0.3) is 0 Å². The molecule has 3 heteroatoms. The first-order valence-corrected chi connectivity index (χ1v) is 6.53. The second-order valence-corrected chi connectivity index (χ2v) is 5.88. The van der Waals surface area contributed by atoms with Crippen LogP contribution < -0.4 is 10.2 Å². The average Bonchev–Trinajstić information content (AvgIpc) is 2.92. The van der Waals surface area contributed by atoms with Crippen molar-refractivity contribution < 1.29 is 4.39 Å². The van der Waals surface area contributed by atoms with Crippen LogP contribution in [0.5, 0.6) is 0 Å². The molecule has 0 amide bonds. The number of nitrogens with zero attached hydrogens (tertiary/aromatic N) is 1. The Morgan fingerprint density at radius 2 is 2.29 bits per heavy atom. The van der Waals surface area contributed by atoms with Gasteiger partial charge in [-0.1, -0.05) is 0 Å². The van der Waals surface area contributed by atoms with Gasteiger partial charge in [-0.05, 0) is 55.5 Å². The molecule has 0 unspecified atom stereocenters. The summed E-state index contributed by atoms with van der Waals surface area (Å²) in [7, 11) is 0. The first-order chi connectivity index (χ1) is 8.24. The van der Waals surface area contributed by atoms with E-state index in [1.165, 1.54) is 30.6 Å². The van der Waals surface area contributed by atoms with Crippen molar-refractivity contribution in [3.8, 4) is 0 Å². The molecule has 5 rings (SSSR count). The topological polar surface area (TPSA) is 15.3 Å². The Hall–Kier alpha value is -1.09. The lowest BCUT2D eigenvalue weighted by atomic mass is 9.73. The maximum atomic E-state index is 13.1. The van der Waals surface area contributed by atoms with Crippen LogP contribution in [-0.2, 0) is 6.42 Å². The van der Waals surface area contributed by atoms with Gasteiger partial charge in [0.15, 0.2) is 0 Å². The minimum absolute atomic E-state index is 0.105. The number of nitrogens with one attached hydrogen (secondary N) is 1. The van der Waals surface area contributed by atoms with Gasteiger partial charge in [-0.2, -0.15) is 0 Å². The van der Waals surface area contributed by atoms with E-state index in [1.807, 2.05) is 6.07 Å². The maximum Gasteiger partial charge on any atom is 0.123 e. The summed E-state index contributed by atoms with van der Waals surface area (Å²) in [5.74, 6) is 0.816. The van der Waals surface area contributed by atoms with E-state index < -0.39 is 0 Å². The lowest BCUT2D eigenvalue weighted by Crippen LogP contribution is -2.52. The van der Waals surface area contributed by atoms with Gasteiger partial charge in [0.05, 0.1) is 0 Å². The number of hydrogen-bond donors (Lipinski definition) is 1. The molecule has 2 nitrogen and oxygen atoms in total. The third-order valence-electron chi connectivity index (χ3n) is 4.65. The predicted octanol–water partition coefficient (Wildman–Crippen LogP) is 1.94. The van der Waals surface area contributed by atoms with E-state index in [0.717, 1.165) is 25.4 Å². The van der Waals surface area contributed by atoms with Crippen LogP contribution >= 0.6 is 0 Å². The van der Waals surface area contributed by atoms with Crippen molar-refractivity contribution in [3.05, 3.63) is 29.6 Å². The van der Waals surface area contributed by atoms with Crippen LogP contribution in [-0.4, -0.2) is 25.2 Å². The summed E-state index contributed by atoms with van der Waals surface area (Å²) in [6.45, 7) is 3.35. The van der Waals surface area contributed by atoms with E-state index in [4.69, 9.17) is 0 Å². The summed E-state index contributed by atoms with van der Waals surface area (Å²) >= 11 is 0. The zero-order valence-corrected chi connectivity index (χ0v) is 9.88. The number of benzene rings is 1. The molecule has 0 radical (unpaired) electrons. The lowest BCUT2D eigenvalue weighted by Gasteiger charge is -2.41. The van der Waals surface area contributed by atoms with Crippen molar-refractivity contribution in [2.45, 2.75) is 24.8 Å². The van der Waals surface area contributed by atoms with Crippen LogP contribution in [0.2, 0.25) is 0 Å². The zero-order chi connectivity index (χ0) is 11.5. The molecule has 2 bridgehead atoms. The van der Waals surface area contributed by atoms with Gasteiger partial charge in [-0.3, -0.25) is 0 Å². The first kappa shape index (κ1) is 9.89. The highest BCUT2D eigenvalue weighted by Crippen LogP contribution is 2.45. The highest BCUT2D eigenvalue weighted by atomic mass is 19.1. The Bertz CT molecular complexity index is 460. The number of hydrogen-bond acceptors (Lipinski definition) is 2. The van der Waals surface area contributed by atoms with Crippen LogP contribution in [0.15, 0.2) is 18.2 Å². The molecule has 3 fully saturated rings. The molecule has 0 aromatic heterocycles. The third kappa shape index (κ3) is 1.41. The summed E-state index contributed by atoms with van der Waals surface area (Å²) in [5.41, 5.74) is 2.80. The number of anilines is 1. The van der Waals surface area contributed by atoms with Gasteiger partial charge in [0.2, 0.25) is 0 Å². The van der Waals surface area contributed by atoms with Crippen molar-refractivity contribution in [2.75, 3.05) is 24.5 Å². The second-order valence-electron chi connectivity index (χ2n) is 5.88. The van der Waals surface area contributed by atoms with E-state index in [1.54, 1.807) is 12.1 Å². The highest BCUT2D eigenvalue weighted by molar-refractivity contribution is 5.58. The Balaban J connectivity index is 1.58. The number of rotatable bonds is 2. The van der Waals surface area contributed by atoms with E-state index in [0.29, 0.717) is 5.54 Å². The molecule has 1 N–H and O–H groups in total. The normalized spacial score (nSPS) is 33.7. The summed E-state index contributed by atoms with van der Waals surface area (Å²) in [6, 6.07) is 5.22. The Morgan fingerprint density at radius 1 is 1.41 bits per heavy atom. The third-order valence-corrected chi connectivity index (χ3v) is 4.65. The summed E-state index contributed by atoms with van der Waals surface area (Å²) < 4.78 is 13.1. The van der Waals surface area contributed by atoms with Gasteiger partial charge in [-0.15, -0.1) is 0 Å². The Kier molecular flexibility index (Phi) is 1.88. The Labute approximate surface area is 101 Å². The van der Waals surface area contributed by atoms with Crippen molar-refractivity contribution in [1.29, 1.82) is 0 Å². The summed E-state index contributed by atoms with van der Waals surface area (Å²) in [5, 5.41) is 3.66. The standard InChI is InChI=1S/C14H17FN2/c15-12-1-2-13-11(5-12)3-4-17(13)9-14-6-10(7-14)8-16-14/h1-2,5,10,16H,3-4,6-9H2. The first-order valence-electron chi connectivity index (χ1n) is 6.53. The molecule has 3 aliphatic heterocycles. The molecule has 1 saturated carbocycles. The monoisotopic (exact) mass is 232 g/mol. The maximum absolute atomic E-state index is 13.1. The van der Waals surface area contributed by atoms with Gasteiger partial charge in [-0.25, -0.2) is 4.39 Å². The molecule has 4 aliphatic rings. The molecular formula is C14H17FN2. The molecule has 1 aromatic carbocycles. The van der Waals surface area contributed by atoms with Gasteiger partial charge >= 0.3 is 0 Å². The molecule has 2 saturated heterocycles. The van der Waals surface area contributed by atoms with E-state index in [2.05, 4.69) is 10.2 Å². The van der Waals surface area contributed by atoms with Crippen molar-refractivity contribution in [2.24, 2.45) is 5.92 Å². The quantitative estimate of drug-likeness (QED) is 0.838. The van der Waals surface area contributed by atoms with E-state index in [-0.39, 0.29) is 5.82 Å². The SMILES string of the molecule is Fc1ccc2c(c1)CCN2CC12CC(CN1)C2. The fraction of sp³-hybridized carbons (Fsp3) is 0.571. The van der Waals surface area contributed by atoms with Crippen molar-refractivity contribution in [1.82, 2.24) is 5.32 Å². The van der Waals surface area contributed by atoms with E-state index in [9.17, 15) is 4.39 Å². The molecule has 0 atom stereocenters. The molecule has 90 valence electrons. The van der Waals surface area contributed by atoms with Crippen LogP contribution in [0, 0.1) is 11.7 Å². The van der Waals surface area contributed by atoms with E-state index >= 15 is 0 Å². The Morgan fingerprint density at radius 3 is 3.06 bits per heavy atom. The van der Waals surface area contributed by atoms with Crippen LogP contribution in [0.4, 0.5) is 10.1 Å². The largest absolute Gasteiger partial charge is 0.369 e. The molecule has 1 aromatic rings. The average molecular weight is 232 g/mol. The fourth-order valence-corrected chi connectivity index (χ4v) is 3.85. The number of fused-ring (bicyclic) bond motifs is 2. The fourth-order valence-electron chi connectivity index (χ4n) is 3.85.